The van der Waals surface area contributed by atoms with Gasteiger partial charge in [-0.05, 0) is 35.9 Å². The molecule has 134 valence electrons. The van der Waals surface area contributed by atoms with Crippen LogP contribution in [0.4, 0.5) is 11.4 Å². The van der Waals surface area contributed by atoms with Gasteiger partial charge in [0, 0.05) is 23.9 Å². The summed E-state index contributed by atoms with van der Waals surface area (Å²) in [5.41, 5.74) is 6.09. The number of nitro benzene ring substituents is 1. The first-order chi connectivity index (χ1) is 12.4. The molecule has 2 aromatic rings. The summed E-state index contributed by atoms with van der Waals surface area (Å²) < 4.78 is 5.33. The molecule has 0 aliphatic carbocycles. The second-order valence-corrected chi connectivity index (χ2v) is 5.26. The van der Waals surface area contributed by atoms with Crippen molar-refractivity contribution in [2.24, 2.45) is 5.73 Å². The maximum absolute atomic E-state index is 11.9. The van der Waals surface area contributed by atoms with Crippen LogP contribution in [-0.4, -0.2) is 23.3 Å². The molecule has 0 saturated heterocycles. The van der Waals surface area contributed by atoms with E-state index in [-0.39, 0.29) is 24.6 Å². The van der Waals surface area contributed by atoms with Crippen LogP contribution in [-0.2, 0) is 9.59 Å². The first kappa shape index (κ1) is 18.7. The van der Waals surface area contributed by atoms with Gasteiger partial charge < -0.3 is 15.8 Å². The normalized spacial score (nSPS) is 10.5. The molecule has 2 aromatic carbocycles. The number of nitrogens with one attached hydrogen (secondary N) is 1. The zero-order valence-corrected chi connectivity index (χ0v) is 13.8. The van der Waals surface area contributed by atoms with Crippen molar-refractivity contribution in [3.63, 3.8) is 0 Å². The first-order valence-electron chi connectivity index (χ1n) is 7.69. The molecule has 0 spiro atoms. The molecule has 26 heavy (non-hydrogen) atoms. The number of ether oxygens (including phenoxy) is 1. The van der Waals surface area contributed by atoms with Crippen molar-refractivity contribution in [2.45, 2.75) is 6.42 Å². The molecule has 8 heteroatoms. The molecule has 0 aromatic heterocycles. The van der Waals surface area contributed by atoms with E-state index >= 15 is 0 Å². The van der Waals surface area contributed by atoms with E-state index in [2.05, 4.69) is 5.32 Å². The zero-order chi connectivity index (χ0) is 18.9. The molecule has 2 rings (SSSR count). The minimum absolute atomic E-state index is 0.0421. The number of benzene rings is 2. The summed E-state index contributed by atoms with van der Waals surface area (Å²) in [6, 6.07) is 12.6. The van der Waals surface area contributed by atoms with Gasteiger partial charge in [-0.3, -0.25) is 19.7 Å². The van der Waals surface area contributed by atoms with Crippen LogP contribution in [0.5, 0.6) is 5.75 Å². The highest BCUT2D eigenvalue weighted by molar-refractivity contribution is 6.01. The molecule has 0 atom stereocenters. The van der Waals surface area contributed by atoms with E-state index in [4.69, 9.17) is 10.5 Å². The summed E-state index contributed by atoms with van der Waals surface area (Å²) in [7, 11) is 0. The van der Waals surface area contributed by atoms with Gasteiger partial charge in [0.2, 0.25) is 11.8 Å². The number of hydrogen-bond acceptors (Lipinski definition) is 5. The van der Waals surface area contributed by atoms with Crippen LogP contribution in [0.15, 0.2) is 54.6 Å². The Morgan fingerprint density at radius 2 is 1.92 bits per heavy atom. The van der Waals surface area contributed by atoms with Crippen LogP contribution >= 0.6 is 0 Å². The SMILES string of the molecule is NC(=O)CCOc1ccc(NC(=O)/C=C/c2cccc([N+](=O)[O-])c2)cc1. The molecular weight excluding hydrogens is 338 g/mol. The van der Waals surface area contributed by atoms with Crippen molar-refractivity contribution >= 4 is 29.3 Å². The molecule has 0 bridgehead atoms. The minimum Gasteiger partial charge on any atom is -0.493 e. The van der Waals surface area contributed by atoms with Crippen LogP contribution in [0.2, 0.25) is 0 Å². The van der Waals surface area contributed by atoms with E-state index in [1.54, 1.807) is 36.4 Å². The van der Waals surface area contributed by atoms with E-state index < -0.39 is 10.8 Å². The second kappa shape index (κ2) is 8.97. The zero-order valence-electron chi connectivity index (χ0n) is 13.8. The van der Waals surface area contributed by atoms with Crippen LogP contribution in [0.1, 0.15) is 12.0 Å². The molecule has 0 aliphatic rings. The summed E-state index contributed by atoms with van der Waals surface area (Å²) in [4.78, 5) is 32.8. The quantitative estimate of drug-likeness (QED) is 0.427. The average Bonchev–Trinajstić information content (AvgIpc) is 2.61. The van der Waals surface area contributed by atoms with Gasteiger partial charge in [-0.25, -0.2) is 0 Å². The Morgan fingerprint density at radius 3 is 2.58 bits per heavy atom. The predicted molar refractivity (Wildman–Crippen MR) is 96.5 cm³/mol. The van der Waals surface area contributed by atoms with E-state index in [1.807, 2.05) is 0 Å². The lowest BCUT2D eigenvalue weighted by Gasteiger charge is -2.06. The molecule has 3 N–H and O–H groups in total. The number of nitrogens with two attached hydrogens (primary N) is 1. The highest BCUT2D eigenvalue weighted by atomic mass is 16.6. The minimum atomic E-state index is -0.496. The number of non-ortho nitro benzene ring substituents is 1. The smallest absolute Gasteiger partial charge is 0.270 e. The molecule has 0 radical (unpaired) electrons. The number of rotatable bonds is 8. The molecular formula is C18H17N3O5. The predicted octanol–water partition coefficient (Wildman–Crippen LogP) is 2.50. The van der Waals surface area contributed by atoms with Gasteiger partial charge in [0.05, 0.1) is 18.0 Å². The Morgan fingerprint density at radius 1 is 1.19 bits per heavy atom. The highest BCUT2D eigenvalue weighted by Gasteiger charge is 2.04. The average molecular weight is 355 g/mol. The van der Waals surface area contributed by atoms with Crippen molar-refractivity contribution in [1.82, 2.24) is 0 Å². The fraction of sp³-hybridized carbons (Fsp3) is 0.111. The molecule has 8 nitrogen and oxygen atoms in total. The number of amides is 2. The van der Waals surface area contributed by atoms with Gasteiger partial charge in [0.25, 0.3) is 5.69 Å². The standard InChI is InChI=1S/C18H17N3O5/c19-17(22)10-11-26-16-7-5-14(6-8-16)20-18(23)9-4-13-2-1-3-15(12-13)21(24)25/h1-9,12H,10-11H2,(H2,19,22)(H,20,23)/b9-4+. The van der Waals surface area contributed by atoms with E-state index in [1.165, 1.54) is 24.3 Å². The maximum atomic E-state index is 11.9. The lowest BCUT2D eigenvalue weighted by Crippen LogP contribution is -2.14. The van der Waals surface area contributed by atoms with Crippen LogP contribution in [0, 0.1) is 10.1 Å². The first-order valence-corrected chi connectivity index (χ1v) is 7.69. The van der Waals surface area contributed by atoms with Gasteiger partial charge >= 0.3 is 0 Å². The van der Waals surface area contributed by atoms with E-state index in [0.29, 0.717) is 17.0 Å². The molecule has 0 aliphatic heterocycles. The Hall–Kier alpha value is -3.68. The molecule has 0 saturated carbocycles. The molecule has 0 fully saturated rings. The monoisotopic (exact) mass is 355 g/mol. The summed E-state index contributed by atoms with van der Waals surface area (Å²) in [6.45, 7) is 0.187. The molecule has 0 heterocycles. The molecule has 2 amide bonds. The van der Waals surface area contributed by atoms with Crippen molar-refractivity contribution in [1.29, 1.82) is 0 Å². The highest BCUT2D eigenvalue weighted by Crippen LogP contribution is 2.17. The fourth-order valence-corrected chi connectivity index (χ4v) is 2.00. The summed E-state index contributed by atoms with van der Waals surface area (Å²) in [5, 5.41) is 13.4. The third kappa shape index (κ3) is 6.08. The number of hydrogen-bond donors (Lipinski definition) is 2. The maximum Gasteiger partial charge on any atom is 0.270 e. The Kier molecular flexibility index (Phi) is 6.44. The third-order valence-corrected chi connectivity index (χ3v) is 3.25. The van der Waals surface area contributed by atoms with Gasteiger partial charge in [0.15, 0.2) is 0 Å². The van der Waals surface area contributed by atoms with Crippen molar-refractivity contribution < 1.29 is 19.2 Å². The number of nitro groups is 1. The van der Waals surface area contributed by atoms with Gasteiger partial charge in [0.1, 0.15) is 5.75 Å². The van der Waals surface area contributed by atoms with E-state index in [0.717, 1.165) is 0 Å². The Balaban J connectivity index is 1.90. The number of primary amides is 1. The number of nitrogens with zero attached hydrogens (tertiary/aromatic N) is 1. The summed E-state index contributed by atoms with van der Waals surface area (Å²) >= 11 is 0. The number of carbonyl (C=O) groups is 2. The van der Waals surface area contributed by atoms with Crippen LogP contribution in [0.3, 0.4) is 0 Å². The van der Waals surface area contributed by atoms with Crippen LogP contribution < -0.4 is 15.8 Å². The second-order valence-electron chi connectivity index (χ2n) is 5.26. The van der Waals surface area contributed by atoms with Gasteiger partial charge in [-0.1, -0.05) is 12.1 Å². The van der Waals surface area contributed by atoms with Gasteiger partial charge in [-0.15, -0.1) is 0 Å². The van der Waals surface area contributed by atoms with Crippen molar-refractivity contribution in [2.75, 3.05) is 11.9 Å². The molecule has 0 unspecified atom stereocenters. The topological polar surface area (TPSA) is 125 Å². The van der Waals surface area contributed by atoms with Crippen molar-refractivity contribution in [3.05, 3.63) is 70.3 Å². The third-order valence-electron chi connectivity index (χ3n) is 3.25. The van der Waals surface area contributed by atoms with Crippen LogP contribution in [0.25, 0.3) is 6.08 Å². The van der Waals surface area contributed by atoms with Gasteiger partial charge in [-0.2, -0.15) is 0 Å². The number of anilines is 1. The summed E-state index contributed by atoms with van der Waals surface area (Å²) in [5.74, 6) is -0.264. The fourth-order valence-electron chi connectivity index (χ4n) is 2.00. The van der Waals surface area contributed by atoms with Crippen molar-refractivity contribution in [3.8, 4) is 5.75 Å². The van der Waals surface area contributed by atoms with E-state index in [9.17, 15) is 19.7 Å². The number of carbonyl (C=O) groups excluding carboxylic acids is 2. The summed E-state index contributed by atoms with van der Waals surface area (Å²) in [6.07, 6.45) is 2.90. The largest absolute Gasteiger partial charge is 0.493 e. The Labute approximate surface area is 149 Å². The lowest BCUT2D eigenvalue weighted by molar-refractivity contribution is -0.384. The lowest BCUT2D eigenvalue weighted by atomic mass is 10.2. The Bertz CT molecular complexity index is 831.